The number of anilines is 1. The van der Waals surface area contributed by atoms with Crippen molar-refractivity contribution in [3.05, 3.63) is 63.7 Å². The summed E-state index contributed by atoms with van der Waals surface area (Å²) in [7, 11) is 0. The van der Waals surface area contributed by atoms with Crippen LogP contribution in [0.1, 0.15) is 101 Å². The fraction of sp³-hybridized carbons (Fsp3) is 0.545. The fourth-order valence-corrected chi connectivity index (χ4v) is 4.88. The van der Waals surface area contributed by atoms with Gasteiger partial charge < -0.3 is 20.3 Å². The molecule has 8 heteroatoms. The van der Waals surface area contributed by atoms with Crippen molar-refractivity contribution in [1.29, 1.82) is 0 Å². The Bertz CT molecular complexity index is 1170. The van der Waals surface area contributed by atoms with Crippen LogP contribution in [0.3, 0.4) is 0 Å². The molecule has 0 spiro atoms. The molecule has 41 heavy (non-hydrogen) atoms. The van der Waals surface area contributed by atoms with E-state index in [0.717, 1.165) is 48.8 Å². The van der Waals surface area contributed by atoms with Crippen LogP contribution in [0.25, 0.3) is 0 Å². The summed E-state index contributed by atoms with van der Waals surface area (Å²) in [4.78, 5) is 42.2. The van der Waals surface area contributed by atoms with E-state index in [1.165, 1.54) is 6.42 Å². The van der Waals surface area contributed by atoms with Crippen LogP contribution in [0.15, 0.2) is 36.4 Å². The van der Waals surface area contributed by atoms with E-state index in [0.29, 0.717) is 22.8 Å². The quantitative estimate of drug-likeness (QED) is 0.233. The lowest BCUT2D eigenvalue weighted by Gasteiger charge is -2.34. The third-order valence-electron chi connectivity index (χ3n) is 7.02. The van der Waals surface area contributed by atoms with Crippen molar-refractivity contribution >= 4 is 35.2 Å². The molecular formula is C33H48ClN3O4. The smallest absolute Gasteiger partial charge is 0.408 e. The van der Waals surface area contributed by atoms with Gasteiger partial charge in [-0.2, -0.15) is 0 Å². The summed E-state index contributed by atoms with van der Waals surface area (Å²) in [5, 5.41) is 6.08. The molecular weight excluding hydrogens is 538 g/mol. The van der Waals surface area contributed by atoms with Gasteiger partial charge in [0.25, 0.3) is 5.91 Å². The number of carbonyl (C=O) groups excluding carboxylic acids is 3. The fourth-order valence-electron chi connectivity index (χ4n) is 4.61. The van der Waals surface area contributed by atoms with Gasteiger partial charge in [-0.1, -0.05) is 81.0 Å². The molecule has 0 radical (unpaired) electrons. The minimum absolute atomic E-state index is 0.359. The van der Waals surface area contributed by atoms with Crippen molar-refractivity contribution in [2.45, 2.75) is 112 Å². The highest BCUT2D eigenvalue weighted by Gasteiger charge is 2.35. The van der Waals surface area contributed by atoms with E-state index in [-0.39, 0.29) is 11.8 Å². The van der Waals surface area contributed by atoms with Crippen LogP contribution in [-0.4, -0.2) is 41.0 Å². The molecule has 2 aromatic carbocycles. The van der Waals surface area contributed by atoms with E-state index >= 15 is 0 Å². The molecule has 2 unspecified atom stereocenters. The number of para-hydroxylation sites is 1. The number of carbonyl (C=O) groups is 3. The van der Waals surface area contributed by atoms with E-state index in [2.05, 4.69) is 17.6 Å². The van der Waals surface area contributed by atoms with Gasteiger partial charge in [-0.15, -0.1) is 0 Å². The van der Waals surface area contributed by atoms with Crippen molar-refractivity contribution in [2.75, 3.05) is 11.9 Å². The maximum Gasteiger partial charge on any atom is 0.408 e. The summed E-state index contributed by atoms with van der Waals surface area (Å²) in [5.41, 5.74) is 3.42. The van der Waals surface area contributed by atoms with Gasteiger partial charge in [0.15, 0.2) is 0 Å². The number of amides is 3. The first-order chi connectivity index (χ1) is 19.2. The number of nitrogens with zero attached hydrogens (tertiary/aromatic N) is 1. The zero-order chi connectivity index (χ0) is 30.7. The second-order valence-electron chi connectivity index (χ2n) is 11.8. The number of hydrogen-bond acceptors (Lipinski definition) is 4. The Morgan fingerprint density at radius 2 is 1.59 bits per heavy atom. The van der Waals surface area contributed by atoms with Crippen molar-refractivity contribution in [2.24, 2.45) is 0 Å². The van der Waals surface area contributed by atoms with Crippen LogP contribution in [0.2, 0.25) is 5.02 Å². The number of nitrogens with one attached hydrogen (secondary N) is 2. The summed E-state index contributed by atoms with van der Waals surface area (Å²) < 4.78 is 5.39. The SMILES string of the molecule is CCCCCCCCN(C(=O)C(C)NC(=O)OC(C)(C)C)C(C(=O)Nc1c(C)cccc1Cl)c1ccc(C)c(C)c1. The molecule has 7 nitrogen and oxygen atoms in total. The average Bonchev–Trinajstić information content (AvgIpc) is 2.87. The Kier molecular flexibility index (Phi) is 13.2. The van der Waals surface area contributed by atoms with Crippen LogP contribution in [-0.2, 0) is 14.3 Å². The number of aryl methyl sites for hydroxylation is 3. The summed E-state index contributed by atoms with van der Waals surface area (Å²) in [6.45, 7) is 15.3. The molecule has 226 valence electrons. The van der Waals surface area contributed by atoms with Gasteiger partial charge in [-0.25, -0.2) is 4.79 Å². The van der Waals surface area contributed by atoms with Gasteiger partial charge in [0, 0.05) is 6.54 Å². The predicted octanol–water partition coefficient (Wildman–Crippen LogP) is 8.05. The zero-order valence-corrected chi connectivity index (χ0v) is 26.8. The minimum atomic E-state index is -0.934. The lowest BCUT2D eigenvalue weighted by molar-refractivity contribution is -0.140. The zero-order valence-electron chi connectivity index (χ0n) is 26.0. The predicted molar refractivity (Wildman–Crippen MR) is 167 cm³/mol. The van der Waals surface area contributed by atoms with Gasteiger partial charge in [-0.05, 0) is 83.2 Å². The lowest BCUT2D eigenvalue weighted by atomic mass is 9.97. The number of hydrogen-bond donors (Lipinski definition) is 2. The molecule has 3 amide bonds. The molecule has 0 aliphatic carbocycles. The number of ether oxygens (including phenoxy) is 1. The highest BCUT2D eigenvalue weighted by atomic mass is 35.5. The van der Waals surface area contributed by atoms with Gasteiger partial charge in [-0.3, -0.25) is 9.59 Å². The molecule has 0 heterocycles. The molecule has 2 N–H and O–H groups in total. The van der Waals surface area contributed by atoms with E-state index < -0.39 is 23.8 Å². The second-order valence-corrected chi connectivity index (χ2v) is 12.2. The number of unbranched alkanes of at least 4 members (excludes halogenated alkanes) is 5. The Morgan fingerprint density at radius 1 is 0.927 bits per heavy atom. The van der Waals surface area contributed by atoms with Crippen LogP contribution in [0.5, 0.6) is 0 Å². The molecule has 0 aliphatic rings. The van der Waals surface area contributed by atoms with Crippen LogP contribution < -0.4 is 10.6 Å². The summed E-state index contributed by atoms with van der Waals surface area (Å²) in [5.74, 6) is -0.730. The maximum absolute atomic E-state index is 14.1. The van der Waals surface area contributed by atoms with Gasteiger partial charge in [0.05, 0.1) is 10.7 Å². The minimum Gasteiger partial charge on any atom is -0.444 e. The monoisotopic (exact) mass is 585 g/mol. The Morgan fingerprint density at radius 3 is 2.20 bits per heavy atom. The lowest BCUT2D eigenvalue weighted by Crippen LogP contribution is -2.51. The third-order valence-corrected chi connectivity index (χ3v) is 7.33. The summed E-state index contributed by atoms with van der Waals surface area (Å²) >= 11 is 6.46. The molecule has 0 bridgehead atoms. The highest BCUT2D eigenvalue weighted by molar-refractivity contribution is 6.34. The van der Waals surface area contributed by atoms with E-state index in [4.69, 9.17) is 16.3 Å². The van der Waals surface area contributed by atoms with Crippen LogP contribution in [0.4, 0.5) is 10.5 Å². The van der Waals surface area contributed by atoms with E-state index in [9.17, 15) is 14.4 Å². The molecule has 0 aliphatic heterocycles. The Labute approximate surface area is 251 Å². The van der Waals surface area contributed by atoms with E-state index in [1.54, 1.807) is 38.7 Å². The number of rotatable bonds is 13. The molecule has 0 saturated heterocycles. The van der Waals surface area contributed by atoms with Crippen LogP contribution >= 0.6 is 11.6 Å². The molecule has 2 rings (SSSR count). The first-order valence-electron chi connectivity index (χ1n) is 14.7. The third kappa shape index (κ3) is 10.7. The molecule has 0 aromatic heterocycles. The van der Waals surface area contributed by atoms with Gasteiger partial charge >= 0.3 is 6.09 Å². The first kappa shape index (κ1) is 34.1. The molecule has 0 saturated carbocycles. The van der Waals surface area contributed by atoms with Crippen molar-refractivity contribution < 1.29 is 19.1 Å². The van der Waals surface area contributed by atoms with Gasteiger partial charge in [0.2, 0.25) is 5.91 Å². The normalized spacial score (nSPS) is 12.8. The first-order valence-corrected chi connectivity index (χ1v) is 15.1. The number of alkyl carbamates (subject to hydrolysis) is 1. The average molecular weight is 586 g/mol. The van der Waals surface area contributed by atoms with Crippen molar-refractivity contribution in [3.8, 4) is 0 Å². The second kappa shape index (κ2) is 15.8. The number of benzene rings is 2. The largest absolute Gasteiger partial charge is 0.444 e. The summed E-state index contributed by atoms with van der Waals surface area (Å²) in [6.07, 6.45) is 5.49. The molecule has 2 atom stereocenters. The number of halogens is 1. The van der Waals surface area contributed by atoms with E-state index in [1.807, 2.05) is 51.1 Å². The Hall–Kier alpha value is -3.06. The van der Waals surface area contributed by atoms with Crippen molar-refractivity contribution in [1.82, 2.24) is 10.2 Å². The molecule has 0 fully saturated rings. The maximum atomic E-state index is 14.1. The standard InChI is InChI=1S/C33H48ClN3O4/c1-9-10-11-12-13-14-20-37(31(39)25(5)35-32(40)41-33(6,7)8)29(26-19-18-22(2)24(4)21-26)30(38)36-28-23(3)16-15-17-27(28)34/h15-19,21,25,29H,9-14,20H2,1-8H3,(H,35,40)(H,36,38). The van der Waals surface area contributed by atoms with Crippen molar-refractivity contribution in [3.63, 3.8) is 0 Å². The van der Waals surface area contributed by atoms with Crippen LogP contribution in [0, 0.1) is 20.8 Å². The van der Waals surface area contributed by atoms with Gasteiger partial charge in [0.1, 0.15) is 17.7 Å². The summed E-state index contributed by atoms with van der Waals surface area (Å²) in [6, 6.07) is 9.38. The molecule has 2 aromatic rings. The highest BCUT2D eigenvalue weighted by Crippen LogP contribution is 2.30. The Balaban J connectivity index is 2.48. The topological polar surface area (TPSA) is 87.7 Å².